The van der Waals surface area contributed by atoms with Crippen molar-refractivity contribution < 1.29 is 30.4 Å². The second-order valence-electron chi connectivity index (χ2n) is 4.17. The van der Waals surface area contributed by atoms with Gasteiger partial charge in [-0.05, 0) is 25.1 Å². The standard InChI is InChI=1S/C13H7F5O2S/c1-6-9(15)11(17)13(12(18)10(6)16)21(19,20)8-4-2-3-7(14)5-8/h2-5H,1H3. The van der Waals surface area contributed by atoms with Crippen LogP contribution in [0.4, 0.5) is 22.0 Å². The number of rotatable bonds is 2. The topological polar surface area (TPSA) is 34.1 Å². The molecule has 0 spiro atoms. The van der Waals surface area contributed by atoms with E-state index in [0.29, 0.717) is 6.07 Å². The summed E-state index contributed by atoms with van der Waals surface area (Å²) >= 11 is 0. The first-order chi connectivity index (χ1) is 9.67. The van der Waals surface area contributed by atoms with Crippen LogP contribution in [0.2, 0.25) is 0 Å². The minimum absolute atomic E-state index is 0.490. The summed E-state index contributed by atoms with van der Waals surface area (Å²) in [4.78, 5) is -2.60. The summed E-state index contributed by atoms with van der Waals surface area (Å²) in [6.45, 7) is 0.759. The zero-order valence-electron chi connectivity index (χ0n) is 10.4. The Bertz CT molecular complexity index is 802. The molecule has 0 aliphatic carbocycles. The minimum Gasteiger partial charge on any atom is -0.218 e. The molecular formula is C13H7F5O2S. The maximum Gasteiger partial charge on any atom is 0.212 e. The third kappa shape index (κ3) is 2.39. The molecule has 2 aromatic rings. The fraction of sp³-hybridized carbons (Fsp3) is 0.0769. The lowest BCUT2D eigenvalue weighted by Crippen LogP contribution is -2.13. The normalized spacial score (nSPS) is 11.7. The van der Waals surface area contributed by atoms with Crippen LogP contribution in [-0.4, -0.2) is 8.42 Å². The molecular weight excluding hydrogens is 315 g/mol. The van der Waals surface area contributed by atoms with Gasteiger partial charge in [0.05, 0.1) is 4.90 Å². The van der Waals surface area contributed by atoms with Crippen molar-refractivity contribution in [1.82, 2.24) is 0 Å². The highest BCUT2D eigenvalue weighted by molar-refractivity contribution is 7.91. The van der Waals surface area contributed by atoms with E-state index >= 15 is 0 Å². The lowest BCUT2D eigenvalue weighted by Gasteiger charge is -2.10. The number of benzene rings is 2. The van der Waals surface area contributed by atoms with Crippen molar-refractivity contribution in [2.75, 3.05) is 0 Å². The van der Waals surface area contributed by atoms with Crippen molar-refractivity contribution >= 4 is 9.84 Å². The first kappa shape index (κ1) is 15.4. The molecule has 0 aromatic heterocycles. The second-order valence-corrected chi connectivity index (χ2v) is 6.06. The summed E-state index contributed by atoms with van der Waals surface area (Å²) in [6, 6.07) is 3.23. The smallest absolute Gasteiger partial charge is 0.212 e. The van der Waals surface area contributed by atoms with Crippen molar-refractivity contribution in [1.29, 1.82) is 0 Å². The molecule has 21 heavy (non-hydrogen) atoms. The van der Waals surface area contributed by atoms with Gasteiger partial charge in [0.25, 0.3) is 0 Å². The maximum absolute atomic E-state index is 13.7. The van der Waals surface area contributed by atoms with Gasteiger partial charge in [-0.1, -0.05) is 6.07 Å². The molecule has 0 amide bonds. The maximum atomic E-state index is 13.7. The SMILES string of the molecule is Cc1c(F)c(F)c(S(=O)(=O)c2cccc(F)c2)c(F)c1F. The van der Waals surface area contributed by atoms with Crippen molar-refractivity contribution in [3.8, 4) is 0 Å². The molecule has 0 aliphatic heterocycles. The summed E-state index contributed by atoms with van der Waals surface area (Å²) in [5.74, 6) is -8.70. The fourth-order valence-corrected chi connectivity index (χ4v) is 3.12. The van der Waals surface area contributed by atoms with Crippen LogP contribution >= 0.6 is 0 Å². The van der Waals surface area contributed by atoms with E-state index in [1.807, 2.05) is 0 Å². The van der Waals surface area contributed by atoms with E-state index in [1.165, 1.54) is 0 Å². The molecule has 0 saturated heterocycles. The molecule has 0 fully saturated rings. The minimum atomic E-state index is -4.95. The summed E-state index contributed by atoms with van der Waals surface area (Å²) in [6.07, 6.45) is 0. The average Bonchev–Trinajstić information content (AvgIpc) is 2.43. The van der Waals surface area contributed by atoms with Gasteiger partial charge in [-0.25, -0.2) is 30.4 Å². The second kappa shape index (κ2) is 5.10. The fourth-order valence-electron chi connectivity index (χ4n) is 1.71. The van der Waals surface area contributed by atoms with Crippen LogP contribution in [0.1, 0.15) is 5.56 Å². The highest BCUT2D eigenvalue weighted by Gasteiger charge is 2.33. The van der Waals surface area contributed by atoms with Gasteiger partial charge < -0.3 is 0 Å². The van der Waals surface area contributed by atoms with Crippen LogP contribution in [-0.2, 0) is 9.84 Å². The van der Waals surface area contributed by atoms with E-state index in [2.05, 4.69) is 0 Å². The summed E-state index contributed by atoms with van der Waals surface area (Å²) in [5.41, 5.74) is -0.983. The molecule has 2 nitrogen and oxygen atoms in total. The van der Waals surface area contributed by atoms with Crippen LogP contribution in [0.25, 0.3) is 0 Å². The molecule has 2 aromatic carbocycles. The Morgan fingerprint density at radius 2 is 1.38 bits per heavy atom. The molecule has 2 rings (SSSR count). The van der Waals surface area contributed by atoms with Gasteiger partial charge in [0.15, 0.2) is 23.3 Å². The Balaban J connectivity index is 2.84. The van der Waals surface area contributed by atoms with E-state index in [4.69, 9.17) is 0 Å². The van der Waals surface area contributed by atoms with Crippen LogP contribution in [0.15, 0.2) is 34.1 Å². The zero-order chi connectivity index (χ0) is 15.9. The van der Waals surface area contributed by atoms with Crippen molar-refractivity contribution in [2.24, 2.45) is 0 Å². The predicted molar refractivity (Wildman–Crippen MR) is 62.9 cm³/mol. The Labute approximate surface area is 116 Å². The van der Waals surface area contributed by atoms with Gasteiger partial charge in [0.1, 0.15) is 10.7 Å². The van der Waals surface area contributed by atoms with Gasteiger partial charge in [0.2, 0.25) is 9.84 Å². The number of halogens is 5. The molecule has 0 heterocycles. The van der Waals surface area contributed by atoms with Crippen molar-refractivity contribution in [3.05, 3.63) is 58.9 Å². The van der Waals surface area contributed by atoms with Gasteiger partial charge in [-0.15, -0.1) is 0 Å². The molecule has 0 radical (unpaired) electrons. The van der Waals surface area contributed by atoms with Gasteiger partial charge >= 0.3 is 0 Å². The van der Waals surface area contributed by atoms with Crippen LogP contribution in [0.5, 0.6) is 0 Å². The lowest BCUT2D eigenvalue weighted by atomic mass is 10.2. The zero-order valence-corrected chi connectivity index (χ0v) is 11.2. The largest absolute Gasteiger partial charge is 0.218 e. The van der Waals surface area contributed by atoms with E-state index in [-0.39, 0.29) is 0 Å². The van der Waals surface area contributed by atoms with Crippen molar-refractivity contribution in [2.45, 2.75) is 16.7 Å². The average molecular weight is 322 g/mol. The monoisotopic (exact) mass is 322 g/mol. The molecule has 0 N–H and O–H groups in total. The third-order valence-corrected chi connectivity index (χ3v) is 4.59. The Hall–Kier alpha value is -1.96. The summed E-state index contributed by atoms with van der Waals surface area (Å²) in [5, 5.41) is 0. The predicted octanol–water partition coefficient (Wildman–Crippen LogP) is 3.52. The van der Waals surface area contributed by atoms with Crippen LogP contribution in [0.3, 0.4) is 0 Å². The first-order valence-corrected chi connectivity index (χ1v) is 6.99. The van der Waals surface area contributed by atoms with Crippen molar-refractivity contribution in [3.63, 3.8) is 0 Å². The molecule has 8 heteroatoms. The van der Waals surface area contributed by atoms with E-state index < -0.39 is 54.3 Å². The third-order valence-electron chi connectivity index (χ3n) is 2.82. The molecule has 0 unspecified atom stereocenters. The van der Waals surface area contributed by atoms with E-state index in [0.717, 1.165) is 25.1 Å². The highest BCUT2D eigenvalue weighted by atomic mass is 32.2. The molecule has 0 bridgehead atoms. The number of hydrogen-bond donors (Lipinski definition) is 0. The van der Waals surface area contributed by atoms with Gasteiger partial charge in [0, 0.05) is 5.56 Å². The summed E-state index contributed by atoms with van der Waals surface area (Å²) in [7, 11) is -4.95. The number of sulfone groups is 1. The lowest BCUT2D eigenvalue weighted by molar-refractivity contribution is 0.412. The van der Waals surface area contributed by atoms with Gasteiger partial charge in [-0.2, -0.15) is 0 Å². The Morgan fingerprint density at radius 3 is 1.86 bits per heavy atom. The van der Waals surface area contributed by atoms with Gasteiger partial charge in [-0.3, -0.25) is 0 Å². The van der Waals surface area contributed by atoms with E-state index in [1.54, 1.807) is 0 Å². The highest BCUT2D eigenvalue weighted by Crippen LogP contribution is 2.31. The Morgan fingerprint density at radius 1 is 0.857 bits per heavy atom. The van der Waals surface area contributed by atoms with Crippen LogP contribution in [0, 0.1) is 36.0 Å². The number of hydrogen-bond acceptors (Lipinski definition) is 2. The Kier molecular flexibility index (Phi) is 3.75. The molecule has 0 atom stereocenters. The quantitative estimate of drug-likeness (QED) is 0.626. The summed E-state index contributed by atoms with van der Waals surface area (Å²) < 4.78 is 91.5. The van der Waals surface area contributed by atoms with E-state index in [9.17, 15) is 30.4 Å². The first-order valence-electron chi connectivity index (χ1n) is 5.51. The molecule has 0 saturated carbocycles. The molecule has 0 aliphatic rings. The molecule has 112 valence electrons. The van der Waals surface area contributed by atoms with Crippen LogP contribution < -0.4 is 0 Å².